The van der Waals surface area contributed by atoms with Crippen LogP contribution in [0, 0.1) is 25.7 Å². The molecule has 4 heteroatoms. The van der Waals surface area contributed by atoms with Crippen molar-refractivity contribution in [1.82, 2.24) is 0 Å². The number of carboxylic acid groups (broad SMARTS) is 1. The highest BCUT2D eigenvalue weighted by molar-refractivity contribution is 5.96. The summed E-state index contributed by atoms with van der Waals surface area (Å²) >= 11 is 0. The van der Waals surface area contributed by atoms with Crippen LogP contribution < -0.4 is 4.90 Å². The van der Waals surface area contributed by atoms with Gasteiger partial charge in [0.25, 0.3) is 0 Å². The molecule has 0 aliphatic heterocycles. The quantitative estimate of drug-likeness (QED) is 0.908. The summed E-state index contributed by atoms with van der Waals surface area (Å²) in [4.78, 5) is 24.7. The average Bonchev–Trinajstić information content (AvgIpc) is 2.33. The second kappa shape index (κ2) is 5.87. The van der Waals surface area contributed by atoms with Gasteiger partial charge in [0.05, 0.1) is 5.92 Å². The number of carbonyl (C=O) groups is 2. The number of rotatable bonds is 4. The average molecular weight is 263 g/mol. The number of aliphatic carboxylic acids is 1. The predicted octanol–water partition coefficient (Wildman–Crippen LogP) is 2.62. The van der Waals surface area contributed by atoms with Crippen molar-refractivity contribution in [3.05, 3.63) is 29.3 Å². The van der Waals surface area contributed by atoms with Crippen molar-refractivity contribution >= 4 is 17.6 Å². The first kappa shape index (κ1) is 15.2. The Kier molecular flexibility index (Phi) is 4.70. The molecule has 1 aromatic rings. The largest absolute Gasteiger partial charge is 0.481 e. The number of aryl methyl sites for hydroxylation is 2. The molecule has 1 rings (SSSR count). The lowest BCUT2D eigenvalue weighted by Gasteiger charge is -2.24. The SMILES string of the molecule is Cc1cc(C)cc(N(C)C(=O)C(C)C(C)C(=O)O)c1. The molecule has 0 aromatic heterocycles. The third-order valence-corrected chi connectivity index (χ3v) is 3.45. The van der Waals surface area contributed by atoms with Gasteiger partial charge in [-0.3, -0.25) is 9.59 Å². The van der Waals surface area contributed by atoms with Gasteiger partial charge in [-0.05, 0) is 37.1 Å². The fraction of sp³-hybridized carbons (Fsp3) is 0.467. The van der Waals surface area contributed by atoms with Gasteiger partial charge in [-0.25, -0.2) is 0 Å². The van der Waals surface area contributed by atoms with Gasteiger partial charge < -0.3 is 10.0 Å². The molecule has 0 heterocycles. The van der Waals surface area contributed by atoms with Crippen molar-refractivity contribution in [2.75, 3.05) is 11.9 Å². The zero-order chi connectivity index (χ0) is 14.7. The summed E-state index contributed by atoms with van der Waals surface area (Å²) in [5.41, 5.74) is 2.95. The highest BCUT2D eigenvalue weighted by atomic mass is 16.4. The van der Waals surface area contributed by atoms with Gasteiger partial charge in [0.1, 0.15) is 0 Å². The Hall–Kier alpha value is -1.84. The second-order valence-corrected chi connectivity index (χ2v) is 5.16. The smallest absolute Gasteiger partial charge is 0.307 e. The maximum atomic E-state index is 12.3. The van der Waals surface area contributed by atoms with Gasteiger partial charge in [0.2, 0.25) is 5.91 Å². The number of carboxylic acids is 1. The summed E-state index contributed by atoms with van der Waals surface area (Å²) in [5, 5.41) is 8.97. The van der Waals surface area contributed by atoms with Crippen molar-refractivity contribution in [3.63, 3.8) is 0 Å². The molecule has 0 bridgehead atoms. The number of amides is 1. The number of benzene rings is 1. The van der Waals surface area contributed by atoms with Crippen molar-refractivity contribution in [3.8, 4) is 0 Å². The van der Waals surface area contributed by atoms with E-state index in [0.717, 1.165) is 16.8 Å². The number of hydrogen-bond acceptors (Lipinski definition) is 2. The molecule has 2 atom stereocenters. The van der Waals surface area contributed by atoms with E-state index in [9.17, 15) is 9.59 Å². The maximum Gasteiger partial charge on any atom is 0.307 e. The topological polar surface area (TPSA) is 57.6 Å². The van der Waals surface area contributed by atoms with Gasteiger partial charge in [-0.2, -0.15) is 0 Å². The highest BCUT2D eigenvalue weighted by Crippen LogP contribution is 2.22. The molecular weight excluding hydrogens is 242 g/mol. The van der Waals surface area contributed by atoms with Gasteiger partial charge in [-0.15, -0.1) is 0 Å². The minimum Gasteiger partial charge on any atom is -0.481 e. The molecule has 0 aliphatic rings. The third-order valence-electron chi connectivity index (χ3n) is 3.45. The first-order valence-corrected chi connectivity index (χ1v) is 6.32. The molecule has 0 saturated carbocycles. The van der Waals surface area contributed by atoms with E-state index in [1.807, 2.05) is 32.0 Å². The van der Waals surface area contributed by atoms with E-state index in [0.29, 0.717) is 0 Å². The standard InChI is InChI=1S/C15H21NO3/c1-9-6-10(2)8-13(7-9)16(5)14(17)11(3)12(4)15(18)19/h6-8,11-12H,1-5H3,(H,18,19). The lowest BCUT2D eigenvalue weighted by molar-refractivity contribution is -0.145. The molecule has 0 spiro atoms. The van der Waals surface area contributed by atoms with E-state index in [1.165, 1.54) is 4.90 Å². The van der Waals surface area contributed by atoms with E-state index in [1.54, 1.807) is 20.9 Å². The molecule has 1 N–H and O–H groups in total. The van der Waals surface area contributed by atoms with Crippen molar-refractivity contribution in [2.45, 2.75) is 27.7 Å². The summed E-state index contributed by atoms with van der Waals surface area (Å²) in [6, 6.07) is 5.87. The normalized spacial score (nSPS) is 13.7. The van der Waals surface area contributed by atoms with Crippen LogP contribution in [0.15, 0.2) is 18.2 Å². The summed E-state index contributed by atoms with van der Waals surface area (Å²) in [6.45, 7) is 7.15. The number of carbonyl (C=O) groups excluding carboxylic acids is 1. The lowest BCUT2D eigenvalue weighted by Crippen LogP contribution is -2.36. The molecule has 4 nitrogen and oxygen atoms in total. The molecule has 1 aromatic carbocycles. The van der Waals surface area contributed by atoms with Crippen LogP contribution in [0.4, 0.5) is 5.69 Å². The van der Waals surface area contributed by atoms with E-state index < -0.39 is 17.8 Å². The monoisotopic (exact) mass is 263 g/mol. The minimum atomic E-state index is -0.949. The van der Waals surface area contributed by atoms with Crippen LogP contribution in [-0.4, -0.2) is 24.0 Å². The Morgan fingerprint density at radius 2 is 1.53 bits per heavy atom. The Morgan fingerprint density at radius 3 is 1.95 bits per heavy atom. The summed E-state index contributed by atoms with van der Waals surface area (Å²) in [6.07, 6.45) is 0. The van der Waals surface area contributed by atoms with Crippen molar-refractivity contribution < 1.29 is 14.7 Å². The van der Waals surface area contributed by atoms with Gasteiger partial charge in [0.15, 0.2) is 0 Å². The van der Waals surface area contributed by atoms with E-state index in [-0.39, 0.29) is 5.91 Å². The van der Waals surface area contributed by atoms with Crippen molar-refractivity contribution in [1.29, 1.82) is 0 Å². The molecule has 1 amide bonds. The maximum absolute atomic E-state index is 12.3. The zero-order valence-corrected chi connectivity index (χ0v) is 12.1. The summed E-state index contributed by atoms with van der Waals surface area (Å²) in [7, 11) is 1.68. The van der Waals surface area contributed by atoms with Crippen LogP contribution in [0.25, 0.3) is 0 Å². The van der Waals surface area contributed by atoms with Gasteiger partial charge >= 0.3 is 5.97 Å². The van der Waals surface area contributed by atoms with Gasteiger partial charge in [-0.1, -0.05) is 19.9 Å². The van der Waals surface area contributed by atoms with Crippen molar-refractivity contribution in [2.24, 2.45) is 11.8 Å². The fourth-order valence-corrected chi connectivity index (χ4v) is 2.00. The van der Waals surface area contributed by atoms with Crippen LogP contribution in [0.2, 0.25) is 0 Å². The number of hydrogen-bond donors (Lipinski definition) is 1. The Morgan fingerprint density at radius 1 is 1.05 bits per heavy atom. The summed E-state index contributed by atoms with van der Waals surface area (Å²) < 4.78 is 0. The van der Waals surface area contributed by atoms with Crippen LogP contribution in [0.3, 0.4) is 0 Å². The van der Waals surface area contributed by atoms with Crippen LogP contribution in [0.5, 0.6) is 0 Å². The predicted molar refractivity (Wildman–Crippen MR) is 75.3 cm³/mol. The second-order valence-electron chi connectivity index (χ2n) is 5.16. The Labute approximate surface area is 114 Å². The van der Waals surface area contributed by atoms with Crippen LogP contribution in [-0.2, 0) is 9.59 Å². The van der Waals surface area contributed by atoms with Crippen LogP contribution >= 0.6 is 0 Å². The summed E-state index contributed by atoms with van der Waals surface area (Å²) in [5.74, 6) is -2.38. The number of anilines is 1. The molecule has 0 saturated heterocycles. The first-order valence-electron chi connectivity index (χ1n) is 6.32. The Bertz CT molecular complexity index is 476. The number of nitrogens with zero attached hydrogens (tertiary/aromatic N) is 1. The Balaban J connectivity index is 2.96. The van der Waals surface area contributed by atoms with E-state index >= 15 is 0 Å². The van der Waals surface area contributed by atoms with E-state index in [2.05, 4.69) is 0 Å². The molecule has 0 fully saturated rings. The fourth-order valence-electron chi connectivity index (χ4n) is 2.00. The molecular formula is C15H21NO3. The minimum absolute atomic E-state index is 0.181. The molecule has 0 radical (unpaired) electrons. The molecule has 19 heavy (non-hydrogen) atoms. The first-order chi connectivity index (χ1) is 8.73. The molecule has 2 unspecified atom stereocenters. The highest BCUT2D eigenvalue weighted by Gasteiger charge is 2.28. The van der Waals surface area contributed by atoms with Gasteiger partial charge in [0, 0.05) is 18.7 Å². The lowest BCUT2D eigenvalue weighted by atomic mass is 9.94. The third kappa shape index (κ3) is 3.56. The van der Waals surface area contributed by atoms with Crippen LogP contribution in [0.1, 0.15) is 25.0 Å². The molecule has 104 valence electrons. The van der Waals surface area contributed by atoms with E-state index in [4.69, 9.17) is 5.11 Å². The molecule has 0 aliphatic carbocycles. The zero-order valence-electron chi connectivity index (χ0n) is 12.1.